The predicted molar refractivity (Wildman–Crippen MR) is 51.0 cm³/mol. The van der Waals surface area contributed by atoms with Crippen LogP contribution in [0, 0.1) is 0 Å². The highest BCUT2D eigenvalue weighted by molar-refractivity contribution is 4.88. The first-order chi connectivity index (χ1) is 6.00. The quantitative estimate of drug-likeness (QED) is 0.633. The van der Waals surface area contributed by atoms with Gasteiger partial charge in [0, 0.05) is 12.4 Å². The molecule has 0 aromatic carbocycles. The van der Waals surface area contributed by atoms with Gasteiger partial charge in [-0.15, -0.1) is 0 Å². The van der Waals surface area contributed by atoms with Crippen molar-refractivity contribution < 1.29 is 0 Å². The van der Waals surface area contributed by atoms with E-state index < -0.39 is 0 Å². The van der Waals surface area contributed by atoms with E-state index in [9.17, 15) is 0 Å². The van der Waals surface area contributed by atoms with Gasteiger partial charge in [-0.05, 0) is 38.1 Å². The average Bonchev–Trinajstić information content (AvgIpc) is 2.24. The smallest absolute Gasteiger partial charge is 0.0267 e. The van der Waals surface area contributed by atoms with Crippen molar-refractivity contribution in [3.8, 4) is 0 Å². The third-order valence-corrected chi connectivity index (χ3v) is 1.77. The number of nitrogens with zero attached hydrogens (tertiary/aromatic N) is 1. The van der Waals surface area contributed by atoms with Crippen molar-refractivity contribution in [1.82, 2.24) is 10.3 Å². The van der Waals surface area contributed by atoms with Crippen LogP contribution in [0.5, 0.6) is 0 Å². The van der Waals surface area contributed by atoms with E-state index in [1.54, 1.807) is 12.4 Å². The van der Waals surface area contributed by atoms with Gasteiger partial charge in [0.25, 0.3) is 0 Å². The maximum atomic E-state index is 3.78. The van der Waals surface area contributed by atoms with E-state index in [2.05, 4.69) is 10.3 Å². The van der Waals surface area contributed by atoms with Crippen LogP contribution in [0.3, 0.4) is 0 Å². The Morgan fingerprint density at radius 1 is 0.833 bits per heavy atom. The van der Waals surface area contributed by atoms with Crippen molar-refractivity contribution in [2.75, 3.05) is 13.1 Å². The fourth-order valence-corrected chi connectivity index (χ4v) is 1.11. The summed E-state index contributed by atoms with van der Waals surface area (Å²) in [4.78, 5) is 3.78. The van der Waals surface area contributed by atoms with Crippen LogP contribution >= 0.6 is 0 Å². The number of nitrogens with one attached hydrogen (secondary N) is 1. The first kappa shape index (κ1) is 9.20. The van der Waals surface area contributed by atoms with Crippen LogP contribution < -0.4 is 5.32 Å². The van der Waals surface area contributed by atoms with Gasteiger partial charge in [0.2, 0.25) is 0 Å². The predicted octanol–water partition coefficient (Wildman–Crippen LogP) is 1.84. The lowest BCUT2D eigenvalue weighted by Crippen LogP contribution is -2.21. The Kier molecular flexibility index (Phi) is 5.21. The molecule has 0 saturated carbocycles. The van der Waals surface area contributed by atoms with Gasteiger partial charge in [0.15, 0.2) is 0 Å². The summed E-state index contributed by atoms with van der Waals surface area (Å²) in [5.41, 5.74) is 0. The normalized spacial score (nSPS) is 16.0. The van der Waals surface area contributed by atoms with Gasteiger partial charge in [-0.25, -0.2) is 0 Å². The van der Waals surface area contributed by atoms with Crippen molar-refractivity contribution in [3.05, 3.63) is 30.6 Å². The molecule has 2 heteroatoms. The molecule has 0 radical (unpaired) electrons. The van der Waals surface area contributed by atoms with E-state index in [-0.39, 0.29) is 0 Å². The Bertz CT molecular complexity index is 132. The van der Waals surface area contributed by atoms with Gasteiger partial charge in [-0.1, -0.05) is 12.5 Å². The van der Waals surface area contributed by atoms with Gasteiger partial charge in [0.1, 0.15) is 0 Å². The van der Waals surface area contributed by atoms with Crippen LogP contribution in [-0.4, -0.2) is 18.1 Å². The monoisotopic (exact) mass is 164 g/mol. The molecule has 2 nitrogen and oxygen atoms in total. The molecule has 0 bridgehead atoms. The lowest BCUT2D eigenvalue weighted by molar-refractivity contribution is 0.520. The summed E-state index contributed by atoms with van der Waals surface area (Å²) in [6.45, 7) is 2.50. The standard InChI is InChI=1S/C5H11N.C5H5N/c2*1-2-4-6-5-3-1/h6H,1-5H2;1-5H. The molecule has 2 rings (SSSR count). The van der Waals surface area contributed by atoms with E-state index in [0.29, 0.717) is 0 Å². The van der Waals surface area contributed by atoms with Crippen molar-refractivity contribution >= 4 is 0 Å². The van der Waals surface area contributed by atoms with Gasteiger partial charge in [-0.2, -0.15) is 0 Å². The molecule has 1 aliphatic heterocycles. The average molecular weight is 164 g/mol. The second-order valence-corrected chi connectivity index (χ2v) is 2.84. The van der Waals surface area contributed by atoms with Crippen molar-refractivity contribution in [2.45, 2.75) is 19.3 Å². The first-order valence-corrected chi connectivity index (χ1v) is 4.56. The van der Waals surface area contributed by atoms with E-state index in [1.807, 2.05) is 18.2 Å². The zero-order valence-corrected chi connectivity index (χ0v) is 7.37. The maximum absolute atomic E-state index is 3.78. The summed E-state index contributed by atoms with van der Waals surface area (Å²) < 4.78 is 0. The summed E-state index contributed by atoms with van der Waals surface area (Å²) in [6.07, 6.45) is 7.72. The van der Waals surface area contributed by atoms with Crippen LogP contribution in [0.1, 0.15) is 19.3 Å². The summed E-state index contributed by atoms with van der Waals surface area (Å²) >= 11 is 0. The molecule has 0 unspecified atom stereocenters. The number of hydrogen-bond acceptors (Lipinski definition) is 2. The zero-order valence-electron chi connectivity index (χ0n) is 7.37. The molecule has 0 amide bonds. The Labute approximate surface area is 74.0 Å². The molecule has 12 heavy (non-hydrogen) atoms. The molecule has 0 aliphatic carbocycles. The summed E-state index contributed by atoms with van der Waals surface area (Å²) in [7, 11) is 0. The van der Waals surface area contributed by atoms with Crippen LogP contribution in [0.25, 0.3) is 0 Å². The number of pyridine rings is 1. The van der Waals surface area contributed by atoms with Crippen molar-refractivity contribution in [2.24, 2.45) is 0 Å². The topological polar surface area (TPSA) is 24.9 Å². The van der Waals surface area contributed by atoms with Gasteiger partial charge in [-0.3, -0.25) is 4.98 Å². The molecule has 0 atom stereocenters. The van der Waals surface area contributed by atoms with Crippen LogP contribution in [-0.2, 0) is 0 Å². The van der Waals surface area contributed by atoms with Crippen molar-refractivity contribution in [3.63, 3.8) is 0 Å². The molecule has 1 N–H and O–H groups in total. The third kappa shape index (κ3) is 4.85. The van der Waals surface area contributed by atoms with Gasteiger partial charge in [0.05, 0.1) is 0 Å². The van der Waals surface area contributed by atoms with Crippen LogP contribution in [0.2, 0.25) is 0 Å². The van der Waals surface area contributed by atoms with E-state index in [4.69, 9.17) is 0 Å². The second kappa shape index (κ2) is 6.80. The molecular formula is C10H16N2. The minimum atomic E-state index is 1.25. The maximum Gasteiger partial charge on any atom is 0.0267 e. The van der Waals surface area contributed by atoms with Crippen molar-refractivity contribution in [1.29, 1.82) is 0 Å². The Balaban J connectivity index is 0.000000120. The second-order valence-electron chi connectivity index (χ2n) is 2.84. The number of rotatable bonds is 0. The number of hydrogen-bond donors (Lipinski definition) is 1. The minimum absolute atomic E-state index is 1.25. The Morgan fingerprint density at radius 3 is 1.67 bits per heavy atom. The molecule has 66 valence electrons. The summed E-state index contributed by atoms with van der Waals surface area (Å²) in [6, 6.07) is 5.72. The fraction of sp³-hybridized carbons (Fsp3) is 0.500. The number of piperidine rings is 1. The highest BCUT2D eigenvalue weighted by Gasteiger charge is 1.93. The molecule has 1 saturated heterocycles. The molecule has 0 spiro atoms. The highest BCUT2D eigenvalue weighted by Crippen LogP contribution is 1.96. The van der Waals surface area contributed by atoms with Crippen LogP contribution in [0.15, 0.2) is 30.6 Å². The minimum Gasteiger partial charge on any atom is -0.317 e. The summed E-state index contributed by atoms with van der Waals surface area (Å²) in [5, 5.41) is 3.28. The van der Waals surface area contributed by atoms with E-state index in [1.165, 1.54) is 32.4 Å². The molecule has 2 heterocycles. The molecule has 1 aliphatic rings. The van der Waals surface area contributed by atoms with Crippen LogP contribution in [0.4, 0.5) is 0 Å². The largest absolute Gasteiger partial charge is 0.317 e. The molecular weight excluding hydrogens is 148 g/mol. The molecule has 1 aromatic rings. The zero-order chi connectivity index (χ0) is 8.49. The molecule has 1 fully saturated rings. The SMILES string of the molecule is C1CCNCC1.c1ccncc1. The third-order valence-electron chi connectivity index (χ3n) is 1.77. The lowest BCUT2D eigenvalue weighted by Gasteiger charge is -2.08. The lowest BCUT2D eigenvalue weighted by atomic mass is 10.2. The van der Waals surface area contributed by atoms with Gasteiger partial charge >= 0.3 is 0 Å². The number of aromatic nitrogens is 1. The summed E-state index contributed by atoms with van der Waals surface area (Å²) in [5.74, 6) is 0. The molecule has 1 aromatic heterocycles. The Hall–Kier alpha value is -0.890. The first-order valence-electron chi connectivity index (χ1n) is 4.56. The van der Waals surface area contributed by atoms with E-state index in [0.717, 1.165) is 0 Å². The fourth-order valence-electron chi connectivity index (χ4n) is 1.11. The van der Waals surface area contributed by atoms with Gasteiger partial charge < -0.3 is 5.32 Å². The highest BCUT2D eigenvalue weighted by atomic mass is 14.9. The van der Waals surface area contributed by atoms with E-state index >= 15 is 0 Å². The Morgan fingerprint density at radius 2 is 1.50 bits per heavy atom.